The Labute approximate surface area is 57.4 Å². The van der Waals surface area contributed by atoms with Crippen molar-refractivity contribution >= 4 is 41.1 Å². The second-order valence-corrected chi connectivity index (χ2v) is 3.45. The predicted octanol–water partition coefficient (Wildman–Crippen LogP) is 1.54. The lowest BCUT2D eigenvalue weighted by Crippen LogP contribution is -1.97. The highest BCUT2D eigenvalue weighted by Crippen LogP contribution is 2.06. The zero-order valence-corrected chi connectivity index (χ0v) is 7.99. The molecule has 0 heterocycles. The van der Waals surface area contributed by atoms with Gasteiger partial charge in [0.05, 0.1) is 0 Å². The van der Waals surface area contributed by atoms with E-state index in [4.69, 9.17) is 0 Å². The molecule has 0 fully saturated rings. The summed E-state index contributed by atoms with van der Waals surface area (Å²) in [5.41, 5.74) is 0.801. The summed E-state index contributed by atoms with van der Waals surface area (Å²) in [5.74, 6) is 0. The topological polar surface area (TPSA) is 0 Å². The second kappa shape index (κ2) is 4.74. The number of rotatable bonds is 2. The Morgan fingerprint density at radius 1 is 1.67 bits per heavy atom. The average Bonchev–Trinajstić information content (AvgIpc) is 1.65. The second-order valence-electron chi connectivity index (χ2n) is 1.15. The Hall–Kier alpha value is 1.59. The lowest BCUT2D eigenvalue weighted by Gasteiger charge is -1.97. The van der Waals surface area contributed by atoms with Gasteiger partial charge in [0.15, 0.2) is 0 Å². The van der Waals surface area contributed by atoms with Crippen LogP contribution in [0.3, 0.4) is 0 Å². The standard InChI is InChI=1S/C3H9IP2/c4-1-3(6)2-5/h3H,1-2,5-6H2. The first-order valence-electron chi connectivity index (χ1n) is 1.83. The summed E-state index contributed by atoms with van der Waals surface area (Å²) in [6.45, 7) is 0. The molecule has 0 saturated heterocycles. The van der Waals surface area contributed by atoms with E-state index < -0.39 is 0 Å². The van der Waals surface area contributed by atoms with E-state index in [-0.39, 0.29) is 0 Å². The van der Waals surface area contributed by atoms with Crippen molar-refractivity contribution in [1.29, 1.82) is 0 Å². The highest BCUT2D eigenvalue weighted by Gasteiger charge is 1.90. The van der Waals surface area contributed by atoms with Crippen molar-refractivity contribution in [1.82, 2.24) is 0 Å². The third kappa shape index (κ3) is 3.77. The van der Waals surface area contributed by atoms with E-state index in [1.54, 1.807) is 0 Å². The highest BCUT2D eigenvalue weighted by atomic mass is 127. The van der Waals surface area contributed by atoms with Gasteiger partial charge >= 0.3 is 0 Å². The zero-order chi connectivity index (χ0) is 4.99. The van der Waals surface area contributed by atoms with Gasteiger partial charge in [0.1, 0.15) is 0 Å². The van der Waals surface area contributed by atoms with E-state index in [9.17, 15) is 0 Å². The average molecular weight is 234 g/mol. The maximum absolute atomic E-state index is 2.78. The first-order chi connectivity index (χ1) is 2.81. The van der Waals surface area contributed by atoms with Gasteiger partial charge in [-0.05, 0) is 11.8 Å². The van der Waals surface area contributed by atoms with E-state index in [2.05, 4.69) is 41.1 Å². The molecule has 0 nitrogen and oxygen atoms in total. The molecule has 0 aliphatic carbocycles. The van der Waals surface area contributed by atoms with E-state index >= 15 is 0 Å². The predicted molar refractivity (Wildman–Crippen MR) is 47.0 cm³/mol. The molecule has 3 heteroatoms. The molecule has 0 N–H and O–H groups in total. The highest BCUT2D eigenvalue weighted by molar-refractivity contribution is 14.1. The minimum Gasteiger partial charge on any atom is -0.137 e. The van der Waals surface area contributed by atoms with Gasteiger partial charge in [-0.3, -0.25) is 0 Å². The van der Waals surface area contributed by atoms with Crippen LogP contribution in [-0.2, 0) is 0 Å². The van der Waals surface area contributed by atoms with E-state index in [1.807, 2.05) is 0 Å². The third-order valence-corrected chi connectivity index (χ3v) is 4.25. The van der Waals surface area contributed by atoms with Crippen LogP contribution in [-0.4, -0.2) is 16.2 Å². The first-order valence-corrected chi connectivity index (χ1v) is 4.83. The van der Waals surface area contributed by atoms with Gasteiger partial charge in [-0.15, -0.1) is 18.5 Å². The first kappa shape index (κ1) is 7.59. The molecule has 3 atom stereocenters. The molecule has 0 aromatic rings. The van der Waals surface area contributed by atoms with Crippen LogP contribution in [0.2, 0.25) is 0 Å². The number of hydrogen-bond acceptors (Lipinski definition) is 0. The number of hydrogen-bond donors (Lipinski definition) is 0. The summed E-state index contributed by atoms with van der Waals surface area (Å²) in [5, 5.41) is 0. The maximum atomic E-state index is 2.78. The molecule has 0 aromatic carbocycles. The lowest BCUT2D eigenvalue weighted by atomic mass is 10.6. The Morgan fingerprint density at radius 2 is 2.17 bits per heavy atom. The Kier molecular flexibility index (Phi) is 6.00. The molecule has 0 bridgehead atoms. The smallest absolute Gasteiger partial charge is 0.00615 e. The molecule has 0 aliphatic heterocycles. The summed E-state index contributed by atoms with van der Waals surface area (Å²) in [4.78, 5) is 0. The van der Waals surface area contributed by atoms with Crippen molar-refractivity contribution in [3.05, 3.63) is 0 Å². The van der Waals surface area contributed by atoms with Crippen LogP contribution in [0.4, 0.5) is 0 Å². The quantitative estimate of drug-likeness (QED) is 0.386. The fourth-order valence-corrected chi connectivity index (χ4v) is 1.27. The van der Waals surface area contributed by atoms with Gasteiger partial charge in [-0.2, -0.15) is 0 Å². The third-order valence-electron chi connectivity index (χ3n) is 0.501. The summed E-state index contributed by atoms with van der Waals surface area (Å²) in [6, 6.07) is 0. The Bertz CT molecular complexity index is 28.0. The largest absolute Gasteiger partial charge is 0.137 e. The molecular formula is C3H9IP2. The van der Waals surface area contributed by atoms with Gasteiger partial charge < -0.3 is 0 Å². The molecule has 0 radical (unpaired) electrons. The minimum absolute atomic E-state index is 0.801. The molecule has 0 saturated carbocycles. The van der Waals surface area contributed by atoms with Crippen LogP contribution < -0.4 is 0 Å². The fourth-order valence-electron chi connectivity index (χ4n) is 0.0630. The normalized spacial score (nSPS) is 14.5. The molecule has 0 spiro atoms. The molecule has 6 heavy (non-hydrogen) atoms. The monoisotopic (exact) mass is 234 g/mol. The van der Waals surface area contributed by atoms with Gasteiger partial charge in [0.25, 0.3) is 0 Å². The summed E-state index contributed by atoms with van der Waals surface area (Å²) in [6.07, 6.45) is 1.20. The van der Waals surface area contributed by atoms with Crippen LogP contribution >= 0.6 is 41.1 Å². The van der Waals surface area contributed by atoms with Crippen molar-refractivity contribution in [2.75, 3.05) is 10.6 Å². The van der Waals surface area contributed by atoms with Crippen LogP contribution in [0.25, 0.3) is 0 Å². The van der Waals surface area contributed by atoms with Crippen molar-refractivity contribution in [3.63, 3.8) is 0 Å². The molecule has 3 unspecified atom stereocenters. The maximum Gasteiger partial charge on any atom is 0.00615 e. The van der Waals surface area contributed by atoms with Crippen molar-refractivity contribution in [3.8, 4) is 0 Å². The lowest BCUT2D eigenvalue weighted by molar-refractivity contribution is 1.18. The molecule has 0 aromatic heterocycles. The Balaban J connectivity index is 2.75. The van der Waals surface area contributed by atoms with Crippen LogP contribution in [0, 0.1) is 0 Å². The molecule has 0 rings (SSSR count). The number of alkyl halides is 1. The summed E-state index contributed by atoms with van der Waals surface area (Å²) in [7, 11) is 5.50. The summed E-state index contributed by atoms with van der Waals surface area (Å²) >= 11 is 2.38. The van der Waals surface area contributed by atoms with Crippen molar-refractivity contribution < 1.29 is 0 Å². The van der Waals surface area contributed by atoms with E-state index in [1.165, 1.54) is 10.6 Å². The van der Waals surface area contributed by atoms with E-state index in [0.717, 1.165) is 5.66 Å². The van der Waals surface area contributed by atoms with Crippen LogP contribution in [0.5, 0.6) is 0 Å². The minimum atomic E-state index is 0.801. The van der Waals surface area contributed by atoms with Crippen LogP contribution in [0.15, 0.2) is 0 Å². The van der Waals surface area contributed by atoms with Crippen molar-refractivity contribution in [2.45, 2.75) is 5.66 Å². The zero-order valence-electron chi connectivity index (χ0n) is 3.52. The van der Waals surface area contributed by atoms with Gasteiger partial charge in [-0.25, -0.2) is 0 Å². The van der Waals surface area contributed by atoms with Gasteiger partial charge in [0.2, 0.25) is 0 Å². The molecule has 38 valence electrons. The van der Waals surface area contributed by atoms with Crippen molar-refractivity contribution in [2.24, 2.45) is 0 Å². The van der Waals surface area contributed by atoms with Gasteiger partial charge in [-0.1, -0.05) is 22.6 Å². The molecule has 0 aliphatic rings. The van der Waals surface area contributed by atoms with E-state index in [0.29, 0.717) is 0 Å². The Morgan fingerprint density at radius 3 is 2.17 bits per heavy atom. The fraction of sp³-hybridized carbons (Fsp3) is 1.00. The molecular weight excluding hydrogens is 225 g/mol. The molecule has 0 amide bonds. The summed E-state index contributed by atoms with van der Waals surface area (Å²) < 4.78 is 1.24. The SMILES string of the molecule is PCC(P)CI. The van der Waals surface area contributed by atoms with Gasteiger partial charge in [0, 0.05) is 4.43 Å². The van der Waals surface area contributed by atoms with Crippen LogP contribution in [0.1, 0.15) is 0 Å². The number of halogens is 1.